The molecule has 0 aliphatic carbocycles. The van der Waals surface area contributed by atoms with Gasteiger partial charge in [-0.05, 0) is 25.2 Å². The number of carbonyl (C=O) groups is 2. The van der Waals surface area contributed by atoms with Gasteiger partial charge in [-0.3, -0.25) is 14.5 Å². The van der Waals surface area contributed by atoms with Gasteiger partial charge in [0, 0.05) is 25.2 Å². The molecule has 1 heterocycles. The highest BCUT2D eigenvalue weighted by Gasteiger charge is 2.26. The van der Waals surface area contributed by atoms with Crippen molar-refractivity contribution in [2.24, 2.45) is 0 Å². The third-order valence-electron chi connectivity index (χ3n) is 3.51. The lowest BCUT2D eigenvalue weighted by Crippen LogP contribution is -2.49. The maximum absolute atomic E-state index is 12.5. The third-order valence-corrected chi connectivity index (χ3v) is 4.25. The summed E-state index contributed by atoms with van der Waals surface area (Å²) in [4.78, 5) is 26.6. The Morgan fingerprint density at radius 3 is 2.78 bits per heavy atom. The van der Waals surface area contributed by atoms with E-state index in [0.717, 1.165) is 0 Å². The van der Waals surface area contributed by atoms with Crippen molar-refractivity contribution in [1.29, 1.82) is 0 Å². The fourth-order valence-corrected chi connectivity index (χ4v) is 2.77. The molecule has 0 bridgehead atoms. The summed E-state index contributed by atoms with van der Waals surface area (Å²) < 4.78 is 5.61. The van der Waals surface area contributed by atoms with E-state index in [2.05, 4.69) is 0 Å². The molecule has 0 spiro atoms. The largest absolute Gasteiger partial charge is 0.480 e. The van der Waals surface area contributed by atoms with E-state index in [1.807, 2.05) is 0 Å². The number of carboxylic acids is 1. The van der Waals surface area contributed by atoms with Gasteiger partial charge in [-0.25, -0.2) is 0 Å². The normalized spacial score (nSPS) is 18.3. The number of likely N-dealkylation sites (N-methyl/N-ethyl adjacent to an activating group) is 1. The fraction of sp³-hybridized carbons (Fsp3) is 0.467. The van der Waals surface area contributed by atoms with E-state index in [0.29, 0.717) is 41.8 Å². The van der Waals surface area contributed by atoms with Crippen molar-refractivity contribution in [3.63, 3.8) is 0 Å². The molecule has 1 unspecified atom stereocenters. The first kappa shape index (κ1) is 18.0. The van der Waals surface area contributed by atoms with E-state index in [-0.39, 0.29) is 18.6 Å². The van der Waals surface area contributed by atoms with Crippen LogP contribution in [0, 0.1) is 0 Å². The highest BCUT2D eigenvalue weighted by Crippen LogP contribution is 2.23. The van der Waals surface area contributed by atoms with Crippen LogP contribution in [0.3, 0.4) is 0 Å². The first-order chi connectivity index (χ1) is 10.9. The van der Waals surface area contributed by atoms with Gasteiger partial charge in [-0.1, -0.05) is 23.2 Å². The zero-order valence-electron chi connectivity index (χ0n) is 12.7. The Labute approximate surface area is 144 Å². The smallest absolute Gasteiger partial charge is 0.317 e. The van der Waals surface area contributed by atoms with E-state index in [1.165, 1.54) is 0 Å². The molecule has 1 N–H and O–H groups in total. The summed E-state index contributed by atoms with van der Waals surface area (Å²) in [6, 6.07) is 4.78. The summed E-state index contributed by atoms with van der Waals surface area (Å²) in [5.41, 5.74) is 0.471. The van der Waals surface area contributed by atoms with Crippen LogP contribution in [0.4, 0.5) is 0 Å². The maximum atomic E-state index is 12.5. The molecule has 0 saturated carbocycles. The molecular weight excluding hydrogens is 343 g/mol. The van der Waals surface area contributed by atoms with Crippen LogP contribution in [0.25, 0.3) is 0 Å². The molecule has 1 aliphatic rings. The zero-order chi connectivity index (χ0) is 17.0. The van der Waals surface area contributed by atoms with Gasteiger partial charge < -0.3 is 14.7 Å². The lowest BCUT2D eigenvalue weighted by atomic mass is 10.1. The molecule has 1 fully saturated rings. The van der Waals surface area contributed by atoms with Gasteiger partial charge in [-0.15, -0.1) is 0 Å². The Morgan fingerprint density at radius 2 is 2.13 bits per heavy atom. The molecule has 0 aromatic heterocycles. The Kier molecular flexibility index (Phi) is 6.24. The Balaban J connectivity index is 1.98. The minimum Gasteiger partial charge on any atom is -0.480 e. The van der Waals surface area contributed by atoms with E-state index < -0.39 is 5.97 Å². The number of ether oxygens (including phenoxy) is 1. The predicted octanol–water partition coefficient (Wildman–Crippen LogP) is 1.85. The molecule has 1 atom stereocenters. The van der Waals surface area contributed by atoms with Gasteiger partial charge in [0.25, 0.3) is 5.91 Å². The second kappa shape index (κ2) is 7.97. The number of benzene rings is 1. The van der Waals surface area contributed by atoms with Crippen LogP contribution in [0.5, 0.6) is 0 Å². The van der Waals surface area contributed by atoms with Crippen molar-refractivity contribution in [3.05, 3.63) is 33.8 Å². The van der Waals surface area contributed by atoms with Crippen molar-refractivity contribution in [3.8, 4) is 0 Å². The van der Waals surface area contributed by atoms with Crippen LogP contribution in [0.1, 0.15) is 10.4 Å². The fourth-order valence-electron chi connectivity index (χ4n) is 2.47. The molecule has 2 rings (SSSR count). The molecule has 1 saturated heterocycles. The number of halogens is 2. The van der Waals surface area contributed by atoms with Gasteiger partial charge in [0.15, 0.2) is 0 Å². The number of amides is 1. The van der Waals surface area contributed by atoms with Gasteiger partial charge in [-0.2, -0.15) is 0 Å². The summed E-state index contributed by atoms with van der Waals surface area (Å²) in [5, 5.41) is 9.52. The maximum Gasteiger partial charge on any atom is 0.317 e. The number of aliphatic carboxylic acids is 1. The number of carboxylic acid groups (broad SMARTS) is 1. The lowest BCUT2D eigenvalue weighted by Gasteiger charge is -2.34. The minimum atomic E-state index is -0.896. The van der Waals surface area contributed by atoms with Crippen LogP contribution in [0.2, 0.25) is 10.0 Å². The van der Waals surface area contributed by atoms with Crippen molar-refractivity contribution in [1.82, 2.24) is 9.80 Å². The number of morpholine rings is 1. The molecule has 126 valence electrons. The van der Waals surface area contributed by atoms with Crippen LogP contribution < -0.4 is 0 Å². The molecule has 1 aromatic rings. The van der Waals surface area contributed by atoms with E-state index in [1.54, 1.807) is 35.0 Å². The van der Waals surface area contributed by atoms with Gasteiger partial charge in [0.2, 0.25) is 0 Å². The van der Waals surface area contributed by atoms with Crippen molar-refractivity contribution in [2.75, 3.05) is 39.8 Å². The van der Waals surface area contributed by atoms with Gasteiger partial charge >= 0.3 is 5.97 Å². The topological polar surface area (TPSA) is 70.1 Å². The summed E-state index contributed by atoms with van der Waals surface area (Å²) in [5.74, 6) is -1.04. The van der Waals surface area contributed by atoms with E-state index >= 15 is 0 Å². The Bertz CT molecular complexity index is 597. The SMILES string of the molecule is CN(CC(=O)O)CC1CN(C(=O)c2ccc(Cl)c(Cl)c2)CCO1. The first-order valence-corrected chi connectivity index (χ1v) is 7.88. The summed E-state index contributed by atoms with van der Waals surface area (Å²) in [6.45, 7) is 1.68. The van der Waals surface area contributed by atoms with Crippen LogP contribution in [0.15, 0.2) is 18.2 Å². The molecule has 6 nitrogen and oxygen atoms in total. The van der Waals surface area contributed by atoms with Crippen molar-refractivity contribution < 1.29 is 19.4 Å². The quantitative estimate of drug-likeness (QED) is 0.867. The molecule has 1 aromatic carbocycles. The van der Waals surface area contributed by atoms with Gasteiger partial charge in [0.05, 0.1) is 29.3 Å². The summed E-state index contributed by atoms with van der Waals surface area (Å²) in [6.07, 6.45) is -0.222. The number of nitrogens with zero attached hydrogens (tertiary/aromatic N) is 2. The minimum absolute atomic E-state index is 0.0689. The highest BCUT2D eigenvalue weighted by molar-refractivity contribution is 6.42. The molecular formula is C15H18Cl2N2O4. The van der Waals surface area contributed by atoms with Crippen LogP contribution in [-0.2, 0) is 9.53 Å². The van der Waals surface area contributed by atoms with Gasteiger partial charge in [0.1, 0.15) is 0 Å². The Morgan fingerprint density at radius 1 is 1.39 bits per heavy atom. The van der Waals surface area contributed by atoms with E-state index in [9.17, 15) is 9.59 Å². The lowest BCUT2D eigenvalue weighted by molar-refractivity contribution is -0.138. The molecule has 0 radical (unpaired) electrons. The highest BCUT2D eigenvalue weighted by atomic mass is 35.5. The average Bonchev–Trinajstić information content (AvgIpc) is 2.48. The van der Waals surface area contributed by atoms with E-state index in [4.69, 9.17) is 33.0 Å². The number of rotatable bonds is 5. The average molecular weight is 361 g/mol. The predicted molar refractivity (Wildman–Crippen MR) is 87.2 cm³/mol. The second-order valence-corrected chi connectivity index (χ2v) is 6.28. The Hall–Kier alpha value is -1.34. The monoisotopic (exact) mass is 360 g/mol. The number of carbonyl (C=O) groups excluding carboxylic acids is 1. The standard InChI is InChI=1S/C15H18Cl2N2O4/c1-18(9-14(20)21)7-11-8-19(4-5-23-11)15(22)10-2-3-12(16)13(17)6-10/h2-3,6,11H,4-5,7-9H2,1H3,(H,20,21). The van der Waals surface area contributed by atoms with Crippen LogP contribution in [-0.4, -0.2) is 72.7 Å². The van der Waals surface area contributed by atoms with Crippen LogP contribution >= 0.6 is 23.2 Å². The molecule has 1 amide bonds. The van der Waals surface area contributed by atoms with Crippen molar-refractivity contribution in [2.45, 2.75) is 6.10 Å². The summed E-state index contributed by atoms with van der Waals surface area (Å²) in [7, 11) is 1.71. The first-order valence-electron chi connectivity index (χ1n) is 7.13. The molecule has 1 aliphatic heterocycles. The summed E-state index contributed by atoms with van der Waals surface area (Å²) >= 11 is 11.8. The molecule has 23 heavy (non-hydrogen) atoms. The second-order valence-electron chi connectivity index (χ2n) is 5.46. The zero-order valence-corrected chi connectivity index (χ0v) is 14.2. The number of hydrogen-bond donors (Lipinski definition) is 1. The molecule has 8 heteroatoms. The third kappa shape index (κ3) is 5.07. The van der Waals surface area contributed by atoms with Crippen molar-refractivity contribution >= 4 is 35.1 Å². The number of hydrogen-bond acceptors (Lipinski definition) is 4.